The minimum absolute atomic E-state index is 0.0726. The fourth-order valence-electron chi connectivity index (χ4n) is 3.14. The van der Waals surface area contributed by atoms with Crippen LogP contribution in [0.4, 0.5) is 5.69 Å². The number of carbonyl (C=O) groups is 1. The third-order valence-electron chi connectivity index (χ3n) is 4.29. The summed E-state index contributed by atoms with van der Waals surface area (Å²) in [6, 6.07) is 9.90. The van der Waals surface area contributed by atoms with E-state index < -0.39 is 16.0 Å². The van der Waals surface area contributed by atoms with Crippen LogP contribution in [0.15, 0.2) is 41.3 Å². The predicted molar refractivity (Wildman–Crippen MR) is 92.0 cm³/mol. The second kappa shape index (κ2) is 6.28. The molecule has 0 fully saturated rings. The Labute approximate surface area is 141 Å². The molecule has 0 amide bonds. The Kier molecular flexibility index (Phi) is 4.32. The molecule has 2 aromatic carbocycles. The van der Waals surface area contributed by atoms with Crippen molar-refractivity contribution in [1.82, 2.24) is 0 Å². The molecule has 0 spiro atoms. The number of hydrogen-bond donors (Lipinski definition) is 2. The molecule has 1 aliphatic rings. The van der Waals surface area contributed by atoms with Crippen LogP contribution in [0, 0.1) is 6.92 Å². The van der Waals surface area contributed by atoms with Crippen molar-refractivity contribution >= 4 is 21.7 Å². The van der Waals surface area contributed by atoms with Gasteiger partial charge in [-0.2, -0.15) is 0 Å². The number of benzene rings is 2. The van der Waals surface area contributed by atoms with Crippen LogP contribution in [0.2, 0.25) is 0 Å². The molecule has 3 rings (SSSR count). The molecule has 2 N–H and O–H groups in total. The number of carboxylic acids is 1. The van der Waals surface area contributed by atoms with Crippen LogP contribution < -0.4 is 4.72 Å². The Morgan fingerprint density at radius 3 is 2.58 bits per heavy atom. The minimum atomic E-state index is -3.83. The first-order valence-electron chi connectivity index (χ1n) is 7.86. The van der Waals surface area contributed by atoms with Crippen LogP contribution in [0.5, 0.6) is 0 Å². The summed E-state index contributed by atoms with van der Waals surface area (Å²) in [5.41, 5.74) is 2.77. The van der Waals surface area contributed by atoms with Gasteiger partial charge in [0, 0.05) is 0 Å². The molecule has 0 bridgehead atoms. The van der Waals surface area contributed by atoms with Gasteiger partial charge in [-0.05, 0) is 67.5 Å². The van der Waals surface area contributed by atoms with Gasteiger partial charge in [0.25, 0.3) is 10.0 Å². The van der Waals surface area contributed by atoms with Gasteiger partial charge < -0.3 is 5.11 Å². The van der Waals surface area contributed by atoms with Gasteiger partial charge in [0.1, 0.15) is 0 Å². The van der Waals surface area contributed by atoms with Gasteiger partial charge in [-0.15, -0.1) is 0 Å². The van der Waals surface area contributed by atoms with Crippen LogP contribution in [0.3, 0.4) is 0 Å². The summed E-state index contributed by atoms with van der Waals surface area (Å²) in [4.78, 5) is 11.9. The SMILES string of the molecule is Cc1cccc(S(=O)(=O)Nc2ccc3c(c2C(=O)O)CCCC3)c1. The summed E-state index contributed by atoms with van der Waals surface area (Å²) in [6.07, 6.45) is 3.44. The second-order valence-corrected chi connectivity index (χ2v) is 7.74. The number of anilines is 1. The van der Waals surface area contributed by atoms with E-state index in [0.29, 0.717) is 6.42 Å². The zero-order valence-corrected chi connectivity index (χ0v) is 14.2. The first kappa shape index (κ1) is 16.5. The maximum atomic E-state index is 12.6. The molecule has 0 aromatic heterocycles. The molecular weight excluding hydrogens is 326 g/mol. The minimum Gasteiger partial charge on any atom is -0.478 e. The fraction of sp³-hybridized carbons (Fsp3) is 0.278. The Hall–Kier alpha value is -2.34. The molecule has 0 heterocycles. The molecule has 24 heavy (non-hydrogen) atoms. The van der Waals surface area contributed by atoms with Crippen LogP contribution in [-0.2, 0) is 22.9 Å². The van der Waals surface area contributed by atoms with Crippen LogP contribution in [0.25, 0.3) is 0 Å². The molecule has 0 unspecified atom stereocenters. The molecule has 0 saturated heterocycles. The third-order valence-corrected chi connectivity index (χ3v) is 5.65. The van der Waals surface area contributed by atoms with E-state index in [9.17, 15) is 18.3 Å². The van der Waals surface area contributed by atoms with E-state index in [0.717, 1.165) is 36.0 Å². The number of sulfonamides is 1. The molecule has 0 aliphatic heterocycles. The number of aromatic carboxylic acids is 1. The number of aryl methyl sites for hydroxylation is 2. The Balaban J connectivity index is 2.05. The molecule has 0 atom stereocenters. The van der Waals surface area contributed by atoms with Crippen molar-refractivity contribution in [2.24, 2.45) is 0 Å². The van der Waals surface area contributed by atoms with Crippen LogP contribution in [0.1, 0.15) is 39.9 Å². The van der Waals surface area contributed by atoms with E-state index in [1.54, 1.807) is 31.2 Å². The normalized spacial score (nSPS) is 14.0. The molecule has 0 saturated carbocycles. The first-order chi connectivity index (χ1) is 11.4. The van der Waals surface area contributed by atoms with E-state index in [1.165, 1.54) is 6.07 Å². The van der Waals surface area contributed by atoms with Gasteiger partial charge in [0.15, 0.2) is 0 Å². The lowest BCUT2D eigenvalue weighted by atomic mass is 9.87. The predicted octanol–water partition coefficient (Wildman–Crippen LogP) is 3.37. The average molecular weight is 345 g/mol. The Morgan fingerprint density at radius 2 is 1.88 bits per heavy atom. The van der Waals surface area contributed by atoms with Gasteiger partial charge >= 0.3 is 5.97 Å². The highest BCUT2D eigenvalue weighted by molar-refractivity contribution is 7.92. The topological polar surface area (TPSA) is 83.5 Å². The summed E-state index contributed by atoms with van der Waals surface area (Å²) < 4.78 is 27.6. The second-order valence-electron chi connectivity index (χ2n) is 6.06. The number of hydrogen-bond acceptors (Lipinski definition) is 3. The van der Waals surface area contributed by atoms with Gasteiger partial charge in [-0.1, -0.05) is 18.2 Å². The molecule has 0 radical (unpaired) electrons. The van der Waals surface area contributed by atoms with E-state index >= 15 is 0 Å². The van der Waals surface area contributed by atoms with Crippen LogP contribution >= 0.6 is 0 Å². The van der Waals surface area contributed by atoms with E-state index in [4.69, 9.17) is 0 Å². The summed E-state index contributed by atoms with van der Waals surface area (Å²) >= 11 is 0. The summed E-state index contributed by atoms with van der Waals surface area (Å²) in [5.74, 6) is -1.10. The van der Waals surface area contributed by atoms with E-state index in [-0.39, 0.29) is 16.1 Å². The monoisotopic (exact) mass is 345 g/mol. The van der Waals surface area contributed by atoms with Crippen molar-refractivity contribution in [3.05, 3.63) is 58.7 Å². The average Bonchev–Trinajstić information content (AvgIpc) is 2.54. The zero-order chi connectivity index (χ0) is 17.3. The van der Waals surface area contributed by atoms with Crippen molar-refractivity contribution < 1.29 is 18.3 Å². The van der Waals surface area contributed by atoms with E-state index in [1.807, 2.05) is 6.07 Å². The highest BCUT2D eigenvalue weighted by Crippen LogP contribution is 2.31. The lowest BCUT2D eigenvalue weighted by Gasteiger charge is -2.20. The Bertz CT molecular complexity index is 903. The molecule has 6 heteroatoms. The molecular formula is C18H19NO4S. The number of rotatable bonds is 4. The largest absolute Gasteiger partial charge is 0.478 e. The molecule has 1 aliphatic carbocycles. The third kappa shape index (κ3) is 3.14. The first-order valence-corrected chi connectivity index (χ1v) is 9.34. The lowest BCUT2D eigenvalue weighted by Crippen LogP contribution is -2.18. The van der Waals surface area contributed by atoms with Crippen molar-refractivity contribution in [2.45, 2.75) is 37.5 Å². The number of nitrogens with one attached hydrogen (secondary N) is 1. The van der Waals surface area contributed by atoms with Gasteiger partial charge in [-0.25, -0.2) is 13.2 Å². The number of fused-ring (bicyclic) bond motifs is 1. The highest BCUT2D eigenvalue weighted by atomic mass is 32.2. The van der Waals surface area contributed by atoms with Crippen molar-refractivity contribution in [3.63, 3.8) is 0 Å². The maximum absolute atomic E-state index is 12.6. The molecule has 5 nitrogen and oxygen atoms in total. The number of carboxylic acid groups (broad SMARTS) is 1. The fourth-order valence-corrected chi connectivity index (χ4v) is 4.32. The molecule has 2 aromatic rings. The highest BCUT2D eigenvalue weighted by Gasteiger charge is 2.24. The van der Waals surface area contributed by atoms with Crippen molar-refractivity contribution in [1.29, 1.82) is 0 Å². The molecule has 126 valence electrons. The van der Waals surface area contributed by atoms with Gasteiger partial charge in [-0.3, -0.25) is 4.72 Å². The summed E-state index contributed by atoms with van der Waals surface area (Å²) in [6.45, 7) is 1.81. The van der Waals surface area contributed by atoms with Gasteiger partial charge in [0.2, 0.25) is 0 Å². The zero-order valence-electron chi connectivity index (χ0n) is 13.4. The van der Waals surface area contributed by atoms with Crippen molar-refractivity contribution in [2.75, 3.05) is 4.72 Å². The van der Waals surface area contributed by atoms with E-state index in [2.05, 4.69) is 4.72 Å². The maximum Gasteiger partial charge on any atom is 0.338 e. The quantitative estimate of drug-likeness (QED) is 0.890. The van der Waals surface area contributed by atoms with Gasteiger partial charge in [0.05, 0.1) is 16.1 Å². The smallest absolute Gasteiger partial charge is 0.338 e. The summed E-state index contributed by atoms with van der Waals surface area (Å²) in [5, 5.41) is 9.60. The van der Waals surface area contributed by atoms with Crippen molar-refractivity contribution in [3.8, 4) is 0 Å². The summed E-state index contributed by atoms with van der Waals surface area (Å²) in [7, 11) is -3.83. The standard InChI is InChI=1S/C18H19NO4S/c1-12-5-4-7-14(11-12)24(22,23)19-16-10-9-13-6-2-3-8-15(13)17(16)18(20)21/h4-5,7,9-11,19H,2-3,6,8H2,1H3,(H,20,21). The Morgan fingerprint density at radius 1 is 1.12 bits per heavy atom. The van der Waals surface area contributed by atoms with Crippen LogP contribution in [-0.4, -0.2) is 19.5 Å². The lowest BCUT2D eigenvalue weighted by molar-refractivity contribution is 0.0696.